The van der Waals surface area contributed by atoms with E-state index in [1.54, 1.807) is 51.1 Å². The van der Waals surface area contributed by atoms with Crippen LogP contribution in [-0.2, 0) is 21.2 Å². The zero-order valence-electron chi connectivity index (χ0n) is 15.0. The summed E-state index contributed by atoms with van der Waals surface area (Å²) in [6.45, 7) is 5.25. The van der Waals surface area contributed by atoms with Gasteiger partial charge in [0.05, 0.1) is 4.90 Å². The Morgan fingerprint density at radius 1 is 1.08 bits per heavy atom. The maximum atomic E-state index is 13.6. The number of hydrogen-bond donors (Lipinski definition) is 2. The fraction of sp³-hybridized carbons (Fsp3) is 0.316. The van der Waals surface area contributed by atoms with E-state index in [4.69, 9.17) is 0 Å². The molecule has 0 heterocycles. The molecule has 0 unspecified atom stereocenters. The number of anilines is 1. The van der Waals surface area contributed by atoms with Crippen molar-refractivity contribution in [3.8, 4) is 0 Å². The Kier molecular flexibility index (Phi) is 6.15. The number of carbonyl (C=O) groups excluding carboxylic acids is 1. The molecule has 0 aliphatic carbocycles. The summed E-state index contributed by atoms with van der Waals surface area (Å²) in [7, 11) is -3.69. The molecule has 0 aliphatic heterocycles. The van der Waals surface area contributed by atoms with Gasteiger partial charge in [-0.15, -0.1) is 0 Å². The molecule has 0 atom stereocenters. The topological polar surface area (TPSA) is 75.3 Å². The maximum Gasteiger partial charge on any atom is 0.241 e. The molecule has 0 saturated carbocycles. The van der Waals surface area contributed by atoms with Gasteiger partial charge in [0.2, 0.25) is 15.9 Å². The van der Waals surface area contributed by atoms with Crippen LogP contribution in [0.4, 0.5) is 10.1 Å². The first-order chi connectivity index (χ1) is 12.1. The molecule has 2 aromatic rings. The number of amides is 1. The molecule has 26 heavy (non-hydrogen) atoms. The number of rotatable bonds is 6. The van der Waals surface area contributed by atoms with Gasteiger partial charge >= 0.3 is 0 Å². The van der Waals surface area contributed by atoms with Gasteiger partial charge in [0.15, 0.2) is 0 Å². The first-order valence-electron chi connectivity index (χ1n) is 8.24. The predicted octanol–water partition coefficient (Wildman–Crippen LogP) is 3.47. The van der Waals surface area contributed by atoms with Crippen LogP contribution < -0.4 is 10.0 Å². The second-order valence-corrected chi connectivity index (χ2v) is 8.71. The van der Waals surface area contributed by atoms with Gasteiger partial charge < -0.3 is 5.32 Å². The predicted molar refractivity (Wildman–Crippen MR) is 99.9 cm³/mol. The Hall–Kier alpha value is -2.25. The molecule has 0 aromatic heterocycles. The lowest BCUT2D eigenvalue weighted by molar-refractivity contribution is -0.116. The van der Waals surface area contributed by atoms with Crippen LogP contribution >= 0.6 is 0 Å². The van der Waals surface area contributed by atoms with Crippen molar-refractivity contribution in [2.45, 2.75) is 44.0 Å². The number of carbonyl (C=O) groups is 1. The van der Waals surface area contributed by atoms with Crippen molar-refractivity contribution in [3.05, 3.63) is 59.9 Å². The van der Waals surface area contributed by atoms with Gasteiger partial charge in [-0.05, 0) is 57.0 Å². The van der Waals surface area contributed by atoms with Crippen LogP contribution in [0.25, 0.3) is 0 Å². The SMILES string of the molecule is CC(C)(C)NS(=O)(=O)c1cccc(NC(=O)CCc2ccccc2F)c1. The van der Waals surface area contributed by atoms with Crippen LogP contribution in [0.2, 0.25) is 0 Å². The van der Waals surface area contributed by atoms with Crippen molar-refractivity contribution < 1.29 is 17.6 Å². The van der Waals surface area contributed by atoms with Gasteiger partial charge in [-0.1, -0.05) is 24.3 Å². The van der Waals surface area contributed by atoms with Gasteiger partial charge in [-0.25, -0.2) is 17.5 Å². The molecule has 7 heteroatoms. The molecule has 0 aliphatic rings. The Bertz CT molecular complexity index is 890. The lowest BCUT2D eigenvalue weighted by Gasteiger charge is -2.20. The van der Waals surface area contributed by atoms with Crippen molar-refractivity contribution in [3.63, 3.8) is 0 Å². The van der Waals surface area contributed by atoms with Crippen LogP contribution in [0.1, 0.15) is 32.8 Å². The van der Waals surface area contributed by atoms with E-state index < -0.39 is 15.6 Å². The standard InChI is InChI=1S/C19H23FN2O3S/c1-19(2,3)22-26(24,25)16-9-6-8-15(13-16)21-18(23)12-11-14-7-4-5-10-17(14)20/h4-10,13,22H,11-12H2,1-3H3,(H,21,23). The average molecular weight is 378 g/mol. The van der Waals surface area contributed by atoms with E-state index in [9.17, 15) is 17.6 Å². The highest BCUT2D eigenvalue weighted by atomic mass is 32.2. The fourth-order valence-corrected chi connectivity index (χ4v) is 3.84. The molecule has 2 N–H and O–H groups in total. The van der Waals surface area contributed by atoms with Crippen LogP contribution in [0, 0.1) is 5.82 Å². The van der Waals surface area contributed by atoms with E-state index in [1.807, 2.05) is 0 Å². The second kappa shape index (κ2) is 7.97. The Morgan fingerprint density at radius 3 is 2.42 bits per heavy atom. The molecule has 0 spiro atoms. The number of sulfonamides is 1. The van der Waals surface area contributed by atoms with Crippen molar-refractivity contribution in [1.82, 2.24) is 4.72 Å². The largest absolute Gasteiger partial charge is 0.326 e. The molecule has 2 aromatic carbocycles. The van der Waals surface area contributed by atoms with Crippen molar-refractivity contribution in [2.75, 3.05) is 5.32 Å². The number of nitrogens with one attached hydrogen (secondary N) is 2. The summed E-state index contributed by atoms with van der Waals surface area (Å²) in [4.78, 5) is 12.2. The van der Waals surface area contributed by atoms with E-state index >= 15 is 0 Å². The Morgan fingerprint density at radius 2 is 1.77 bits per heavy atom. The molecular weight excluding hydrogens is 355 g/mol. The van der Waals surface area contributed by atoms with Crippen molar-refractivity contribution >= 4 is 21.6 Å². The summed E-state index contributed by atoms with van der Waals surface area (Å²) in [6, 6.07) is 12.3. The fourth-order valence-electron chi connectivity index (χ4n) is 2.38. The molecule has 1 amide bonds. The average Bonchev–Trinajstić information content (AvgIpc) is 2.52. The quantitative estimate of drug-likeness (QED) is 0.808. The van der Waals surface area contributed by atoms with Crippen LogP contribution in [0.15, 0.2) is 53.4 Å². The summed E-state index contributed by atoms with van der Waals surface area (Å²) >= 11 is 0. The minimum Gasteiger partial charge on any atom is -0.326 e. The second-order valence-electron chi connectivity index (χ2n) is 7.02. The molecule has 0 saturated heterocycles. The third-order valence-corrected chi connectivity index (χ3v) is 5.20. The zero-order chi connectivity index (χ0) is 19.4. The minimum absolute atomic E-state index is 0.0688. The summed E-state index contributed by atoms with van der Waals surface area (Å²) in [5, 5.41) is 2.65. The Labute approximate surface area is 153 Å². The van der Waals surface area contributed by atoms with Gasteiger partial charge in [-0.3, -0.25) is 4.79 Å². The number of halogens is 1. The first-order valence-corrected chi connectivity index (χ1v) is 9.72. The normalized spacial score (nSPS) is 12.0. The monoisotopic (exact) mass is 378 g/mol. The van der Waals surface area contributed by atoms with Gasteiger partial charge in [0, 0.05) is 17.6 Å². The zero-order valence-corrected chi connectivity index (χ0v) is 15.9. The van der Waals surface area contributed by atoms with E-state index in [0.29, 0.717) is 11.3 Å². The maximum absolute atomic E-state index is 13.6. The Balaban J connectivity index is 2.04. The molecule has 0 radical (unpaired) electrons. The first kappa shape index (κ1) is 20.1. The molecule has 0 fully saturated rings. The lowest BCUT2D eigenvalue weighted by atomic mass is 10.1. The number of benzene rings is 2. The van der Waals surface area contributed by atoms with Gasteiger partial charge in [-0.2, -0.15) is 0 Å². The van der Waals surface area contributed by atoms with Crippen LogP contribution in [0.3, 0.4) is 0 Å². The third-order valence-electron chi connectivity index (χ3n) is 3.45. The van der Waals surface area contributed by atoms with E-state index in [2.05, 4.69) is 10.0 Å². The summed E-state index contributed by atoms with van der Waals surface area (Å²) in [6.07, 6.45) is 0.361. The highest BCUT2D eigenvalue weighted by molar-refractivity contribution is 7.89. The van der Waals surface area contributed by atoms with E-state index in [-0.39, 0.29) is 29.5 Å². The highest BCUT2D eigenvalue weighted by Crippen LogP contribution is 2.18. The van der Waals surface area contributed by atoms with Crippen LogP contribution in [0.5, 0.6) is 0 Å². The smallest absolute Gasteiger partial charge is 0.241 e. The van der Waals surface area contributed by atoms with Gasteiger partial charge in [0.1, 0.15) is 5.82 Å². The molecule has 140 valence electrons. The minimum atomic E-state index is -3.69. The van der Waals surface area contributed by atoms with Crippen LogP contribution in [-0.4, -0.2) is 19.9 Å². The van der Waals surface area contributed by atoms with Crippen molar-refractivity contribution in [2.24, 2.45) is 0 Å². The number of aryl methyl sites for hydroxylation is 1. The van der Waals surface area contributed by atoms with E-state index in [1.165, 1.54) is 18.2 Å². The lowest BCUT2D eigenvalue weighted by Crippen LogP contribution is -2.40. The molecule has 2 rings (SSSR count). The van der Waals surface area contributed by atoms with E-state index in [0.717, 1.165) is 0 Å². The number of hydrogen-bond acceptors (Lipinski definition) is 3. The summed E-state index contributed by atoms with van der Waals surface area (Å²) < 4.78 is 40.9. The third kappa shape index (κ3) is 5.93. The van der Waals surface area contributed by atoms with Crippen molar-refractivity contribution in [1.29, 1.82) is 0 Å². The molecule has 5 nitrogen and oxygen atoms in total. The highest BCUT2D eigenvalue weighted by Gasteiger charge is 2.22. The molecule has 0 bridgehead atoms. The molecular formula is C19H23FN2O3S. The van der Waals surface area contributed by atoms with Gasteiger partial charge in [0.25, 0.3) is 0 Å². The summed E-state index contributed by atoms with van der Waals surface area (Å²) in [5.41, 5.74) is 0.228. The summed E-state index contributed by atoms with van der Waals surface area (Å²) in [5.74, 6) is -0.659.